The van der Waals surface area contributed by atoms with Crippen molar-refractivity contribution < 1.29 is 4.79 Å². The maximum Gasteiger partial charge on any atom is 0.221 e. The summed E-state index contributed by atoms with van der Waals surface area (Å²) in [5.74, 6) is 0.0718. The molecule has 0 spiro atoms. The van der Waals surface area contributed by atoms with Gasteiger partial charge in [-0.1, -0.05) is 13.8 Å². The van der Waals surface area contributed by atoms with Gasteiger partial charge < -0.3 is 5.32 Å². The lowest BCUT2D eigenvalue weighted by Gasteiger charge is -2.15. The number of rotatable bonds is 3. The summed E-state index contributed by atoms with van der Waals surface area (Å²) >= 11 is 4.23. The molecule has 60 valence electrons. The summed E-state index contributed by atoms with van der Waals surface area (Å²) in [7, 11) is 0. The molecule has 0 aromatic carbocycles. The zero-order chi connectivity index (χ0) is 8.20. The lowest BCUT2D eigenvalue weighted by molar-refractivity contribution is -0.121. The Hall–Kier alpha value is -0.180. The van der Waals surface area contributed by atoms with Crippen molar-refractivity contribution >= 4 is 18.5 Å². The van der Waals surface area contributed by atoms with Crippen LogP contribution in [0.25, 0.3) is 0 Å². The average Bonchev–Trinajstić information content (AvgIpc) is 1.59. The molecule has 0 aliphatic carbocycles. The van der Waals surface area contributed by atoms with E-state index in [0.717, 1.165) is 0 Å². The Labute approximate surface area is 67.8 Å². The van der Waals surface area contributed by atoms with E-state index in [0.29, 0.717) is 13.0 Å². The van der Waals surface area contributed by atoms with Gasteiger partial charge in [-0.3, -0.25) is 4.79 Å². The monoisotopic (exact) mass is 161 g/mol. The summed E-state index contributed by atoms with van der Waals surface area (Å²) in [6, 6.07) is 0. The van der Waals surface area contributed by atoms with Gasteiger partial charge in [0.05, 0.1) is 0 Å². The predicted octanol–water partition coefficient (Wildman–Crippen LogP) is 1.22. The van der Waals surface area contributed by atoms with Crippen molar-refractivity contribution in [3.63, 3.8) is 0 Å². The molecular weight excluding hydrogens is 146 g/mol. The van der Waals surface area contributed by atoms with Crippen LogP contribution in [0.3, 0.4) is 0 Å². The van der Waals surface area contributed by atoms with Gasteiger partial charge >= 0.3 is 0 Å². The van der Waals surface area contributed by atoms with E-state index in [1.54, 1.807) is 0 Å². The molecule has 0 saturated heterocycles. The molecule has 0 bridgehead atoms. The van der Waals surface area contributed by atoms with Crippen molar-refractivity contribution in [1.82, 2.24) is 5.32 Å². The minimum absolute atomic E-state index is 0.0718. The molecule has 1 amide bonds. The standard InChI is InChI=1S/C7H15NOS/c1-4-8-6(9)5-7(2,3)10/h10H,4-5H2,1-3H3,(H,8,9). The summed E-state index contributed by atoms with van der Waals surface area (Å²) in [5.41, 5.74) is 0. The maximum atomic E-state index is 10.9. The van der Waals surface area contributed by atoms with Crippen molar-refractivity contribution in [1.29, 1.82) is 0 Å². The van der Waals surface area contributed by atoms with Gasteiger partial charge in [-0.2, -0.15) is 12.6 Å². The van der Waals surface area contributed by atoms with Crippen molar-refractivity contribution in [3.8, 4) is 0 Å². The molecule has 0 saturated carbocycles. The fourth-order valence-corrected chi connectivity index (χ4v) is 0.796. The summed E-state index contributed by atoms with van der Waals surface area (Å²) in [6.45, 7) is 6.45. The van der Waals surface area contributed by atoms with Crippen molar-refractivity contribution in [2.75, 3.05) is 6.54 Å². The molecule has 0 rings (SSSR count). The molecule has 10 heavy (non-hydrogen) atoms. The molecule has 0 atom stereocenters. The molecule has 0 fully saturated rings. The molecule has 0 aromatic rings. The Morgan fingerprint density at radius 3 is 2.40 bits per heavy atom. The van der Waals surface area contributed by atoms with Gasteiger partial charge in [0.25, 0.3) is 0 Å². The number of carbonyl (C=O) groups is 1. The third kappa shape index (κ3) is 5.95. The van der Waals surface area contributed by atoms with E-state index in [2.05, 4.69) is 17.9 Å². The third-order valence-corrected chi connectivity index (χ3v) is 1.13. The Morgan fingerprint density at radius 2 is 2.10 bits per heavy atom. The molecule has 3 heteroatoms. The molecule has 0 aliphatic heterocycles. The normalized spacial score (nSPS) is 11.2. The first-order valence-corrected chi connectivity index (χ1v) is 3.89. The van der Waals surface area contributed by atoms with E-state index in [9.17, 15) is 4.79 Å². The van der Waals surface area contributed by atoms with Gasteiger partial charge in [0.2, 0.25) is 5.91 Å². The molecule has 2 nitrogen and oxygen atoms in total. The molecule has 1 N–H and O–H groups in total. The second kappa shape index (κ2) is 3.86. The van der Waals surface area contributed by atoms with Crippen LogP contribution in [-0.4, -0.2) is 17.2 Å². The summed E-state index contributed by atoms with van der Waals surface area (Å²) in [6.07, 6.45) is 0.476. The van der Waals surface area contributed by atoms with E-state index in [4.69, 9.17) is 0 Å². The van der Waals surface area contributed by atoms with Gasteiger partial charge in [-0.15, -0.1) is 0 Å². The number of thiol groups is 1. The minimum Gasteiger partial charge on any atom is -0.356 e. The fraction of sp³-hybridized carbons (Fsp3) is 0.857. The largest absolute Gasteiger partial charge is 0.356 e. The molecule has 0 unspecified atom stereocenters. The van der Waals surface area contributed by atoms with E-state index in [-0.39, 0.29) is 10.7 Å². The fourth-order valence-electron chi connectivity index (χ4n) is 0.653. The molecule has 0 aromatic heterocycles. The zero-order valence-electron chi connectivity index (χ0n) is 6.77. The smallest absolute Gasteiger partial charge is 0.221 e. The molecule has 0 aliphatic rings. The average molecular weight is 161 g/mol. The van der Waals surface area contributed by atoms with Crippen LogP contribution in [0, 0.1) is 0 Å². The first-order chi connectivity index (χ1) is 4.45. The van der Waals surface area contributed by atoms with Gasteiger partial charge in [0, 0.05) is 17.7 Å². The van der Waals surface area contributed by atoms with Crippen LogP contribution in [-0.2, 0) is 4.79 Å². The number of hydrogen-bond acceptors (Lipinski definition) is 2. The second-order valence-electron chi connectivity index (χ2n) is 2.94. The van der Waals surface area contributed by atoms with Crippen molar-refractivity contribution in [2.45, 2.75) is 31.9 Å². The quantitative estimate of drug-likeness (QED) is 0.599. The van der Waals surface area contributed by atoms with Crippen molar-refractivity contribution in [3.05, 3.63) is 0 Å². The SMILES string of the molecule is CCNC(=O)CC(C)(C)S. The van der Waals surface area contributed by atoms with E-state index < -0.39 is 0 Å². The Morgan fingerprint density at radius 1 is 1.60 bits per heavy atom. The lowest BCUT2D eigenvalue weighted by atomic mass is 10.1. The van der Waals surface area contributed by atoms with Gasteiger partial charge in [-0.25, -0.2) is 0 Å². The van der Waals surface area contributed by atoms with Gasteiger partial charge in [0.15, 0.2) is 0 Å². The number of nitrogens with one attached hydrogen (secondary N) is 1. The highest BCUT2D eigenvalue weighted by Crippen LogP contribution is 2.15. The highest BCUT2D eigenvalue weighted by molar-refractivity contribution is 7.81. The van der Waals surface area contributed by atoms with Crippen molar-refractivity contribution in [2.24, 2.45) is 0 Å². The lowest BCUT2D eigenvalue weighted by Crippen LogP contribution is -2.28. The summed E-state index contributed by atoms with van der Waals surface area (Å²) in [5, 5.41) is 2.71. The van der Waals surface area contributed by atoms with E-state index in [1.165, 1.54) is 0 Å². The highest BCUT2D eigenvalue weighted by Gasteiger charge is 2.15. The molecule has 0 radical (unpaired) electrons. The molecular formula is C7H15NOS. The third-order valence-electron chi connectivity index (χ3n) is 0.967. The number of hydrogen-bond donors (Lipinski definition) is 2. The van der Waals surface area contributed by atoms with Gasteiger partial charge in [0.1, 0.15) is 0 Å². The first kappa shape index (κ1) is 9.82. The zero-order valence-corrected chi connectivity index (χ0v) is 7.66. The topological polar surface area (TPSA) is 29.1 Å². The van der Waals surface area contributed by atoms with Crippen LogP contribution < -0.4 is 5.32 Å². The Bertz CT molecular complexity index is 117. The first-order valence-electron chi connectivity index (χ1n) is 3.45. The van der Waals surface area contributed by atoms with Crippen LogP contribution in [0.1, 0.15) is 27.2 Å². The predicted molar refractivity (Wildman–Crippen MR) is 46.4 cm³/mol. The molecule has 0 heterocycles. The highest BCUT2D eigenvalue weighted by atomic mass is 32.1. The summed E-state index contributed by atoms with van der Waals surface area (Å²) < 4.78 is -0.195. The van der Waals surface area contributed by atoms with E-state index >= 15 is 0 Å². The van der Waals surface area contributed by atoms with Crippen LogP contribution in [0.15, 0.2) is 0 Å². The Kier molecular flexibility index (Phi) is 3.79. The number of amides is 1. The second-order valence-corrected chi connectivity index (χ2v) is 4.15. The minimum atomic E-state index is -0.195. The number of carbonyl (C=O) groups excluding carboxylic acids is 1. The summed E-state index contributed by atoms with van der Waals surface area (Å²) in [4.78, 5) is 10.9. The Balaban J connectivity index is 3.58. The maximum absolute atomic E-state index is 10.9. The van der Waals surface area contributed by atoms with E-state index in [1.807, 2.05) is 20.8 Å². The van der Waals surface area contributed by atoms with Crippen LogP contribution in [0.5, 0.6) is 0 Å². The van der Waals surface area contributed by atoms with Crippen LogP contribution in [0.4, 0.5) is 0 Å². The van der Waals surface area contributed by atoms with Gasteiger partial charge in [-0.05, 0) is 6.92 Å². The van der Waals surface area contributed by atoms with Crippen LogP contribution in [0.2, 0.25) is 0 Å². The van der Waals surface area contributed by atoms with Crippen LogP contribution >= 0.6 is 12.6 Å².